The van der Waals surface area contributed by atoms with E-state index in [1.807, 2.05) is 38.1 Å². The molecule has 7 heteroatoms. The summed E-state index contributed by atoms with van der Waals surface area (Å²) in [6, 6.07) is 13.1. The molecular weight excluding hydrogens is 320 g/mol. The first-order chi connectivity index (χ1) is 12.0. The summed E-state index contributed by atoms with van der Waals surface area (Å²) in [6.45, 7) is 3.91. The quantitative estimate of drug-likeness (QED) is 0.548. The van der Waals surface area contributed by atoms with Crippen molar-refractivity contribution >= 4 is 22.6 Å². The summed E-state index contributed by atoms with van der Waals surface area (Å²) in [5.74, 6) is 0.182. The van der Waals surface area contributed by atoms with Crippen LogP contribution >= 0.6 is 0 Å². The molecule has 0 radical (unpaired) electrons. The molecule has 3 rings (SSSR count). The van der Waals surface area contributed by atoms with Gasteiger partial charge in [-0.25, -0.2) is 4.98 Å². The highest BCUT2D eigenvalue weighted by molar-refractivity contribution is 5.98. The number of nitrogens with one attached hydrogen (secondary N) is 2. The van der Waals surface area contributed by atoms with E-state index in [0.717, 1.165) is 11.0 Å². The van der Waals surface area contributed by atoms with Gasteiger partial charge in [0, 0.05) is 6.07 Å². The number of aromatic nitrogens is 2. The Bertz CT molecular complexity index is 900. The summed E-state index contributed by atoms with van der Waals surface area (Å²) >= 11 is 0. The topological polar surface area (TPSA) is 101 Å². The van der Waals surface area contributed by atoms with Crippen LogP contribution in [-0.2, 0) is 0 Å². The minimum Gasteiger partial charge on any atom is -0.342 e. The molecule has 1 unspecified atom stereocenters. The Balaban J connectivity index is 1.92. The third-order valence-electron chi connectivity index (χ3n) is 4.00. The Kier molecular flexibility index (Phi) is 4.47. The highest BCUT2D eigenvalue weighted by Crippen LogP contribution is 2.24. The van der Waals surface area contributed by atoms with Gasteiger partial charge in [-0.3, -0.25) is 14.9 Å². The number of rotatable bonds is 5. The van der Waals surface area contributed by atoms with Crippen LogP contribution in [0.25, 0.3) is 11.0 Å². The van der Waals surface area contributed by atoms with Gasteiger partial charge in [-0.1, -0.05) is 38.1 Å². The Hall–Kier alpha value is -3.22. The van der Waals surface area contributed by atoms with Crippen molar-refractivity contribution in [3.05, 3.63) is 70.0 Å². The number of nitrogens with zero attached hydrogens (tertiary/aromatic N) is 2. The van der Waals surface area contributed by atoms with Crippen LogP contribution in [0.5, 0.6) is 0 Å². The van der Waals surface area contributed by atoms with Crippen molar-refractivity contribution in [2.75, 3.05) is 0 Å². The minimum atomic E-state index is -0.555. The summed E-state index contributed by atoms with van der Waals surface area (Å²) in [6.07, 6.45) is 0. The number of nitro groups is 1. The van der Waals surface area contributed by atoms with Gasteiger partial charge in [0.15, 0.2) is 0 Å². The number of para-hydroxylation sites is 3. The number of carbonyl (C=O) groups excluding carboxylic acids is 1. The predicted octanol–water partition coefficient (Wildman–Crippen LogP) is 3.60. The molecule has 1 atom stereocenters. The highest BCUT2D eigenvalue weighted by atomic mass is 16.6. The fourth-order valence-corrected chi connectivity index (χ4v) is 2.71. The smallest absolute Gasteiger partial charge is 0.282 e. The molecule has 3 aromatic rings. The van der Waals surface area contributed by atoms with E-state index in [-0.39, 0.29) is 23.2 Å². The number of amides is 1. The van der Waals surface area contributed by atoms with Gasteiger partial charge < -0.3 is 10.3 Å². The van der Waals surface area contributed by atoms with E-state index >= 15 is 0 Å². The molecule has 0 aliphatic heterocycles. The van der Waals surface area contributed by atoms with Crippen molar-refractivity contribution < 1.29 is 9.72 Å². The first kappa shape index (κ1) is 16.6. The predicted molar refractivity (Wildman–Crippen MR) is 94.2 cm³/mol. The van der Waals surface area contributed by atoms with Crippen molar-refractivity contribution in [3.8, 4) is 0 Å². The standard InChI is InChI=1S/C18H18N4O3/c1-11(2)16(17-19-13-8-4-5-9-14(13)20-17)21-18(23)12-7-3-6-10-15(12)22(24)25/h3-11,16H,1-2H3,(H,19,20)(H,21,23). The third-order valence-corrected chi connectivity index (χ3v) is 4.00. The Morgan fingerprint density at radius 2 is 1.84 bits per heavy atom. The fourth-order valence-electron chi connectivity index (χ4n) is 2.71. The molecule has 0 aliphatic rings. The van der Waals surface area contributed by atoms with Crippen molar-refractivity contribution in [2.45, 2.75) is 19.9 Å². The second-order valence-electron chi connectivity index (χ2n) is 6.11. The molecule has 7 nitrogen and oxygen atoms in total. The SMILES string of the molecule is CC(C)C(NC(=O)c1ccccc1[N+](=O)[O-])c1nc2ccccc2[nH]1. The maximum absolute atomic E-state index is 12.6. The van der Waals surface area contributed by atoms with Gasteiger partial charge in [0.25, 0.3) is 11.6 Å². The summed E-state index contributed by atoms with van der Waals surface area (Å²) in [5.41, 5.74) is 1.51. The van der Waals surface area contributed by atoms with Gasteiger partial charge in [-0.2, -0.15) is 0 Å². The summed E-state index contributed by atoms with van der Waals surface area (Å²) in [7, 11) is 0. The number of nitro benzene ring substituents is 1. The zero-order valence-electron chi connectivity index (χ0n) is 13.9. The average Bonchev–Trinajstić information content (AvgIpc) is 3.02. The second kappa shape index (κ2) is 6.72. The lowest BCUT2D eigenvalue weighted by Gasteiger charge is -2.20. The zero-order valence-corrected chi connectivity index (χ0v) is 13.9. The molecule has 2 aromatic carbocycles. The summed E-state index contributed by atoms with van der Waals surface area (Å²) in [5, 5.41) is 14.0. The largest absolute Gasteiger partial charge is 0.342 e. The van der Waals surface area contributed by atoms with Gasteiger partial charge in [-0.15, -0.1) is 0 Å². The molecule has 1 heterocycles. The van der Waals surface area contributed by atoms with Gasteiger partial charge in [0.1, 0.15) is 11.4 Å². The maximum Gasteiger partial charge on any atom is 0.282 e. The number of hydrogen-bond donors (Lipinski definition) is 2. The first-order valence-corrected chi connectivity index (χ1v) is 7.96. The molecule has 0 saturated carbocycles. The summed E-state index contributed by atoms with van der Waals surface area (Å²) < 4.78 is 0. The lowest BCUT2D eigenvalue weighted by molar-refractivity contribution is -0.385. The van der Waals surface area contributed by atoms with E-state index in [4.69, 9.17) is 0 Å². The summed E-state index contributed by atoms with van der Waals surface area (Å²) in [4.78, 5) is 30.9. The first-order valence-electron chi connectivity index (χ1n) is 7.96. The molecule has 1 amide bonds. The van der Waals surface area contributed by atoms with Crippen LogP contribution in [0, 0.1) is 16.0 Å². The van der Waals surface area contributed by atoms with Gasteiger partial charge in [-0.05, 0) is 24.1 Å². The average molecular weight is 338 g/mol. The van der Waals surface area contributed by atoms with E-state index in [9.17, 15) is 14.9 Å². The Morgan fingerprint density at radius 3 is 2.52 bits per heavy atom. The van der Waals surface area contributed by atoms with E-state index in [2.05, 4.69) is 15.3 Å². The molecule has 0 fully saturated rings. The monoisotopic (exact) mass is 338 g/mol. The maximum atomic E-state index is 12.6. The van der Waals surface area contributed by atoms with Crippen molar-refractivity contribution in [1.29, 1.82) is 0 Å². The molecule has 0 aliphatic carbocycles. The zero-order chi connectivity index (χ0) is 18.0. The van der Waals surface area contributed by atoms with Gasteiger partial charge in [0.2, 0.25) is 0 Å². The lowest BCUT2D eigenvalue weighted by Crippen LogP contribution is -2.32. The number of hydrogen-bond acceptors (Lipinski definition) is 4. The molecule has 25 heavy (non-hydrogen) atoms. The normalized spacial score (nSPS) is 12.3. The molecule has 128 valence electrons. The Morgan fingerprint density at radius 1 is 1.16 bits per heavy atom. The second-order valence-corrected chi connectivity index (χ2v) is 6.11. The number of aromatic amines is 1. The van der Waals surface area contributed by atoms with Gasteiger partial charge >= 0.3 is 0 Å². The molecule has 0 spiro atoms. The van der Waals surface area contributed by atoms with Crippen LogP contribution in [-0.4, -0.2) is 20.8 Å². The molecule has 0 bridgehead atoms. The Labute approximate surface area is 144 Å². The van der Waals surface area contributed by atoms with Crippen LogP contribution in [0.2, 0.25) is 0 Å². The van der Waals surface area contributed by atoms with Crippen molar-refractivity contribution in [3.63, 3.8) is 0 Å². The van der Waals surface area contributed by atoms with Crippen molar-refractivity contribution in [1.82, 2.24) is 15.3 Å². The number of imidazole rings is 1. The minimum absolute atomic E-state index is 0.0364. The van der Waals surface area contributed by atoms with Crippen molar-refractivity contribution in [2.24, 2.45) is 5.92 Å². The number of benzene rings is 2. The van der Waals surface area contributed by atoms with Crippen LogP contribution in [0.3, 0.4) is 0 Å². The number of H-pyrrole nitrogens is 1. The van der Waals surface area contributed by atoms with Crippen LogP contribution in [0.1, 0.15) is 36.1 Å². The number of fused-ring (bicyclic) bond motifs is 1. The van der Waals surface area contributed by atoms with E-state index in [0.29, 0.717) is 5.82 Å². The van der Waals surface area contributed by atoms with Crippen LogP contribution < -0.4 is 5.32 Å². The van der Waals surface area contributed by atoms with E-state index < -0.39 is 10.8 Å². The molecule has 2 N–H and O–H groups in total. The van der Waals surface area contributed by atoms with E-state index in [1.54, 1.807) is 6.07 Å². The van der Waals surface area contributed by atoms with E-state index in [1.165, 1.54) is 18.2 Å². The van der Waals surface area contributed by atoms with Crippen LogP contribution in [0.4, 0.5) is 5.69 Å². The molecular formula is C18H18N4O3. The van der Waals surface area contributed by atoms with Gasteiger partial charge in [0.05, 0.1) is 22.0 Å². The van der Waals surface area contributed by atoms with Crippen LogP contribution in [0.15, 0.2) is 48.5 Å². The fraction of sp³-hybridized carbons (Fsp3) is 0.222. The molecule has 0 saturated heterocycles. The third kappa shape index (κ3) is 3.35. The molecule has 1 aromatic heterocycles. The lowest BCUT2D eigenvalue weighted by atomic mass is 10.0. The highest BCUT2D eigenvalue weighted by Gasteiger charge is 2.26. The number of carbonyl (C=O) groups is 1.